The van der Waals surface area contributed by atoms with Gasteiger partial charge in [-0.1, -0.05) is 0 Å². The van der Waals surface area contributed by atoms with Crippen LogP contribution >= 0.6 is 22.9 Å². The highest BCUT2D eigenvalue weighted by Gasteiger charge is 2.04. The van der Waals surface area contributed by atoms with Crippen molar-refractivity contribution in [3.63, 3.8) is 0 Å². The first-order valence-electron chi connectivity index (χ1n) is 4.65. The zero-order chi connectivity index (χ0) is 10.2. The van der Waals surface area contributed by atoms with E-state index in [4.69, 9.17) is 16.3 Å². The second kappa shape index (κ2) is 7.23. The van der Waals surface area contributed by atoms with Gasteiger partial charge in [-0.15, -0.1) is 11.6 Å². The van der Waals surface area contributed by atoms with E-state index in [0.717, 1.165) is 26.2 Å². The quantitative estimate of drug-likeness (QED) is 0.671. The fourth-order valence-corrected chi connectivity index (χ4v) is 2.15. The van der Waals surface area contributed by atoms with Gasteiger partial charge in [0.2, 0.25) is 0 Å². The number of halogens is 1. The molecule has 0 aromatic carbocycles. The summed E-state index contributed by atoms with van der Waals surface area (Å²) in [6, 6.07) is 2.15. The number of hydrogen-bond acceptors (Lipinski definition) is 3. The Morgan fingerprint density at radius 1 is 1.50 bits per heavy atom. The van der Waals surface area contributed by atoms with Crippen molar-refractivity contribution < 1.29 is 4.74 Å². The van der Waals surface area contributed by atoms with Crippen LogP contribution in [0.15, 0.2) is 16.8 Å². The van der Waals surface area contributed by atoms with E-state index in [-0.39, 0.29) is 0 Å². The topological polar surface area (TPSA) is 12.5 Å². The van der Waals surface area contributed by atoms with Crippen LogP contribution in [-0.2, 0) is 11.3 Å². The van der Waals surface area contributed by atoms with Gasteiger partial charge in [0.05, 0.1) is 6.61 Å². The maximum absolute atomic E-state index is 5.74. The Morgan fingerprint density at radius 2 is 2.36 bits per heavy atom. The van der Waals surface area contributed by atoms with Crippen LogP contribution in [0.1, 0.15) is 5.56 Å². The molecule has 2 nitrogen and oxygen atoms in total. The van der Waals surface area contributed by atoms with Crippen LogP contribution in [0, 0.1) is 0 Å². The molecule has 0 aliphatic heterocycles. The maximum atomic E-state index is 5.74. The third-order valence-corrected chi connectivity index (χ3v) is 2.90. The summed E-state index contributed by atoms with van der Waals surface area (Å²) in [5, 5.41) is 4.28. The standard InChI is InChI=1S/C10H16ClNOS/c1-13-6-5-12(4-3-11)8-10-2-7-14-9-10/h2,7,9H,3-6,8H2,1H3. The Balaban J connectivity index is 2.34. The molecule has 1 rings (SSSR count). The maximum Gasteiger partial charge on any atom is 0.0589 e. The molecule has 0 radical (unpaired) electrons. The molecular weight excluding hydrogens is 218 g/mol. The molecule has 0 spiro atoms. The number of thiophene rings is 1. The number of methoxy groups -OCH3 is 1. The molecule has 0 aliphatic rings. The summed E-state index contributed by atoms with van der Waals surface area (Å²) in [5.74, 6) is 0.674. The lowest BCUT2D eigenvalue weighted by Crippen LogP contribution is -2.28. The lowest BCUT2D eigenvalue weighted by Gasteiger charge is -2.19. The first-order chi connectivity index (χ1) is 6.86. The fourth-order valence-electron chi connectivity index (χ4n) is 1.25. The van der Waals surface area contributed by atoms with Gasteiger partial charge in [-0.05, 0) is 22.4 Å². The van der Waals surface area contributed by atoms with Crippen molar-refractivity contribution >= 4 is 22.9 Å². The van der Waals surface area contributed by atoms with Crippen molar-refractivity contribution in [1.82, 2.24) is 4.90 Å². The van der Waals surface area contributed by atoms with Gasteiger partial charge in [-0.2, -0.15) is 11.3 Å². The van der Waals surface area contributed by atoms with Gasteiger partial charge in [0.1, 0.15) is 0 Å². The van der Waals surface area contributed by atoms with Crippen LogP contribution in [0.3, 0.4) is 0 Å². The van der Waals surface area contributed by atoms with E-state index in [0.29, 0.717) is 5.88 Å². The Hall–Kier alpha value is -0.0900. The molecule has 0 N–H and O–H groups in total. The highest BCUT2D eigenvalue weighted by Crippen LogP contribution is 2.09. The summed E-state index contributed by atoms with van der Waals surface area (Å²) >= 11 is 7.47. The van der Waals surface area contributed by atoms with Crippen molar-refractivity contribution in [2.24, 2.45) is 0 Å². The SMILES string of the molecule is COCCN(CCCl)Cc1ccsc1. The lowest BCUT2D eigenvalue weighted by molar-refractivity contribution is 0.148. The number of nitrogens with zero attached hydrogens (tertiary/aromatic N) is 1. The van der Waals surface area contributed by atoms with Gasteiger partial charge in [-0.25, -0.2) is 0 Å². The normalized spacial score (nSPS) is 11.1. The molecule has 0 atom stereocenters. The molecule has 14 heavy (non-hydrogen) atoms. The van der Waals surface area contributed by atoms with Crippen molar-refractivity contribution in [1.29, 1.82) is 0 Å². The Labute approximate surface area is 94.4 Å². The van der Waals surface area contributed by atoms with E-state index in [9.17, 15) is 0 Å². The fraction of sp³-hybridized carbons (Fsp3) is 0.600. The average Bonchev–Trinajstić information content (AvgIpc) is 2.67. The number of hydrogen-bond donors (Lipinski definition) is 0. The molecule has 0 amide bonds. The molecule has 1 heterocycles. The predicted molar refractivity (Wildman–Crippen MR) is 62.2 cm³/mol. The van der Waals surface area contributed by atoms with Gasteiger partial charge in [0, 0.05) is 32.6 Å². The van der Waals surface area contributed by atoms with E-state index in [2.05, 4.69) is 21.7 Å². The highest BCUT2D eigenvalue weighted by molar-refractivity contribution is 7.07. The Kier molecular flexibility index (Phi) is 6.19. The monoisotopic (exact) mass is 233 g/mol. The minimum absolute atomic E-state index is 0.674. The largest absolute Gasteiger partial charge is 0.383 e. The van der Waals surface area contributed by atoms with E-state index in [1.807, 2.05) is 0 Å². The zero-order valence-electron chi connectivity index (χ0n) is 8.41. The summed E-state index contributed by atoms with van der Waals surface area (Å²) in [6.45, 7) is 3.60. The summed E-state index contributed by atoms with van der Waals surface area (Å²) in [7, 11) is 1.73. The molecule has 0 unspecified atom stereocenters. The first-order valence-corrected chi connectivity index (χ1v) is 6.13. The zero-order valence-corrected chi connectivity index (χ0v) is 9.98. The first kappa shape index (κ1) is 12.0. The van der Waals surface area contributed by atoms with Crippen LogP contribution < -0.4 is 0 Å². The van der Waals surface area contributed by atoms with Crippen LogP contribution in [0.5, 0.6) is 0 Å². The van der Waals surface area contributed by atoms with Crippen LogP contribution in [0.2, 0.25) is 0 Å². The smallest absolute Gasteiger partial charge is 0.0589 e. The molecule has 1 aromatic heterocycles. The Bertz CT molecular complexity index is 228. The molecule has 1 aromatic rings. The third-order valence-electron chi connectivity index (χ3n) is 2.00. The van der Waals surface area contributed by atoms with Gasteiger partial charge in [0.25, 0.3) is 0 Å². The number of rotatable bonds is 7. The van der Waals surface area contributed by atoms with Crippen molar-refractivity contribution in [3.8, 4) is 0 Å². The number of alkyl halides is 1. The molecular formula is C10H16ClNOS. The second-order valence-electron chi connectivity index (χ2n) is 3.09. The van der Waals surface area contributed by atoms with Gasteiger partial charge in [-0.3, -0.25) is 4.90 Å². The van der Waals surface area contributed by atoms with E-state index >= 15 is 0 Å². The summed E-state index contributed by atoms with van der Waals surface area (Å²) in [4.78, 5) is 2.30. The average molecular weight is 234 g/mol. The van der Waals surface area contributed by atoms with Gasteiger partial charge >= 0.3 is 0 Å². The van der Waals surface area contributed by atoms with Crippen LogP contribution in [-0.4, -0.2) is 37.6 Å². The third kappa shape index (κ3) is 4.42. The van der Waals surface area contributed by atoms with Crippen LogP contribution in [0.25, 0.3) is 0 Å². The van der Waals surface area contributed by atoms with E-state index < -0.39 is 0 Å². The van der Waals surface area contributed by atoms with Crippen molar-refractivity contribution in [2.75, 3.05) is 32.7 Å². The Morgan fingerprint density at radius 3 is 2.93 bits per heavy atom. The minimum atomic E-state index is 0.674. The molecule has 80 valence electrons. The second-order valence-corrected chi connectivity index (χ2v) is 4.25. The molecule has 0 bridgehead atoms. The predicted octanol–water partition coefficient (Wildman–Crippen LogP) is 2.44. The molecule has 0 saturated heterocycles. The molecule has 0 saturated carbocycles. The molecule has 4 heteroatoms. The van der Waals surface area contributed by atoms with E-state index in [1.54, 1.807) is 18.4 Å². The summed E-state index contributed by atoms with van der Waals surface area (Å²) in [5.41, 5.74) is 1.36. The summed E-state index contributed by atoms with van der Waals surface area (Å²) in [6.07, 6.45) is 0. The lowest BCUT2D eigenvalue weighted by atomic mass is 10.3. The van der Waals surface area contributed by atoms with E-state index in [1.165, 1.54) is 5.56 Å². The highest BCUT2D eigenvalue weighted by atomic mass is 35.5. The van der Waals surface area contributed by atoms with Crippen molar-refractivity contribution in [2.45, 2.75) is 6.54 Å². The van der Waals surface area contributed by atoms with Crippen LogP contribution in [0.4, 0.5) is 0 Å². The minimum Gasteiger partial charge on any atom is -0.383 e. The molecule has 0 fully saturated rings. The number of ether oxygens (including phenoxy) is 1. The van der Waals surface area contributed by atoms with Gasteiger partial charge < -0.3 is 4.74 Å². The summed E-state index contributed by atoms with van der Waals surface area (Å²) < 4.78 is 5.06. The molecule has 0 aliphatic carbocycles. The van der Waals surface area contributed by atoms with Gasteiger partial charge in [0.15, 0.2) is 0 Å². The van der Waals surface area contributed by atoms with Crippen molar-refractivity contribution in [3.05, 3.63) is 22.4 Å².